The number of piperazine rings is 1. The number of hydrogen-bond donors (Lipinski definition) is 0. The quantitative estimate of drug-likeness (QED) is 0.655. The minimum absolute atomic E-state index is 0.158. The third-order valence-electron chi connectivity index (χ3n) is 5.91. The second kappa shape index (κ2) is 7.35. The Morgan fingerprint density at radius 1 is 0.966 bits per heavy atom. The Balaban J connectivity index is 1.31. The molecule has 3 aromatic rings. The van der Waals surface area contributed by atoms with Crippen LogP contribution in [0.2, 0.25) is 0 Å². The summed E-state index contributed by atoms with van der Waals surface area (Å²) in [6, 6.07) is 14.7. The third kappa shape index (κ3) is 3.82. The lowest BCUT2D eigenvalue weighted by Crippen LogP contribution is -2.51. The van der Waals surface area contributed by atoms with Crippen LogP contribution < -0.4 is 4.90 Å². The summed E-state index contributed by atoms with van der Waals surface area (Å²) in [6.45, 7) is 3.20. The first-order chi connectivity index (χ1) is 14.1. The molecule has 150 valence electrons. The zero-order valence-corrected chi connectivity index (χ0v) is 16.9. The van der Waals surface area contributed by atoms with Gasteiger partial charge < -0.3 is 4.90 Å². The Morgan fingerprint density at radius 3 is 2.52 bits per heavy atom. The minimum Gasteiger partial charge on any atom is -0.337 e. The molecule has 29 heavy (non-hydrogen) atoms. The molecule has 2 saturated heterocycles. The van der Waals surface area contributed by atoms with Crippen molar-refractivity contribution in [3.8, 4) is 11.3 Å². The summed E-state index contributed by atoms with van der Waals surface area (Å²) in [5.41, 5.74) is 1.83. The van der Waals surface area contributed by atoms with Crippen molar-refractivity contribution in [1.82, 2.24) is 20.1 Å². The van der Waals surface area contributed by atoms with Crippen molar-refractivity contribution in [1.29, 1.82) is 0 Å². The molecule has 0 aliphatic carbocycles. The van der Waals surface area contributed by atoms with E-state index in [0.717, 1.165) is 43.9 Å². The largest absolute Gasteiger partial charge is 0.337 e. The van der Waals surface area contributed by atoms with Crippen LogP contribution in [0.25, 0.3) is 22.0 Å². The number of fused-ring (bicyclic) bond motifs is 1. The Morgan fingerprint density at radius 2 is 1.76 bits per heavy atom. The molecule has 8 heteroatoms. The van der Waals surface area contributed by atoms with Crippen molar-refractivity contribution in [2.24, 2.45) is 0 Å². The van der Waals surface area contributed by atoms with E-state index in [1.54, 1.807) is 6.20 Å². The average molecular weight is 410 g/mol. The normalized spacial score (nSPS) is 22.2. The maximum atomic E-state index is 11.8. The Bertz CT molecular complexity index is 1140. The Hall–Kier alpha value is -2.58. The molecule has 2 aromatic carbocycles. The second-order valence-corrected chi connectivity index (χ2v) is 10.0. The number of aromatic nitrogens is 3. The van der Waals surface area contributed by atoms with Gasteiger partial charge >= 0.3 is 0 Å². The molecular weight excluding hydrogens is 386 g/mol. The lowest BCUT2D eigenvalue weighted by atomic mass is 10.1. The van der Waals surface area contributed by atoms with Gasteiger partial charge in [0.15, 0.2) is 9.84 Å². The van der Waals surface area contributed by atoms with E-state index in [9.17, 15) is 8.42 Å². The van der Waals surface area contributed by atoms with Crippen molar-refractivity contribution < 1.29 is 8.42 Å². The van der Waals surface area contributed by atoms with E-state index in [0.29, 0.717) is 17.5 Å². The first-order valence-electron chi connectivity index (χ1n) is 9.96. The van der Waals surface area contributed by atoms with Crippen molar-refractivity contribution in [2.75, 3.05) is 42.6 Å². The van der Waals surface area contributed by atoms with Gasteiger partial charge in [-0.3, -0.25) is 4.90 Å². The van der Waals surface area contributed by atoms with Crippen LogP contribution in [0.4, 0.5) is 5.95 Å². The Kier molecular flexibility index (Phi) is 4.67. The lowest BCUT2D eigenvalue weighted by molar-refractivity contribution is 0.199. The van der Waals surface area contributed by atoms with Gasteiger partial charge in [-0.1, -0.05) is 36.4 Å². The molecule has 0 spiro atoms. The molecule has 1 aromatic heterocycles. The standard InChI is InChI=1S/C21H23N5O2S/c27-29(28)12-7-19(15-29)25-8-10-26(11-9-25)21-23-20(14-22-24-21)18-6-5-16-3-1-2-4-17(16)13-18/h1-6,13-14,19H,7-12,15H2. The molecular formula is C21H23N5O2S. The van der Waals surface area contributed by atoms with E-state index in [4.69, 9.17) is 4.98 Å². The summed E-state index contributed by atoms with van der Waals surface area (Å²) >= 11 is 0. The predicted octanol–water partition coefficient (Wildman–Crippen LogP) is 2.00. The van der Waals surface area contributed by atoms with Gasteiger partial charge in [0.2, 0.25) is 5.95 Å². The number of sulfone groups is 1. The molecule has 5 rings (SSSR count). The molecule has 1 atom stereocenters. The third-order valence-corrected chi connectivity index (χ3v) is 7.67. The molecule has 2 aliphatic heterocycles. The highest BCUT2D eigenvalue weighted by Crippen LogP contribution is 2.24. The molecule has 0 amide bonds. The van der Waals surface area contributed by atoms with E-state index < -0.39 is 9.84 Å². The molecule has 2 aliphatic rings. The summed E-state index contributed by atoms with van der Waals surface area (Å²) < 4.78 is 23.5. The maximum absolute atomic E-state index is 11.8. The van der Waals surface area contributed by atoms with Crippen LogP contribution in [0, 0.1) is 0 Å². The summed E-state index contributed by atoms with van der Waals surface area (Å²) in [5.74, 6) is 1.25. The highest BCUT2D eigenvalue weighted by Gasteiger charge is 2.34. The SMILES string of the molecule is O=S1(=O)CCC(N2CCN(c3nncc(-c4ccc5ccccc5c4)n3)CC2)C1. The fraction of sp³-hybridized carbons (Fsp3) is 0.381. The van der Waals surface area contributed by atoms with Gasteiger partial charge in [0.1, 0.15) is 0 Å². The van der Waals surface area contributed by atoms with Gasteiger partial charge in [0.25, 0.3) is 0 Å². The van der Waals surface area contributed by atoms with Crippen molar-refractivity contribution in [3.63, 3.8) is 0 Å². The first kappa shape index (κ1) is 18.4. The van der Waals surface area contributed by atoms with Gasteiger partial charge in [-0.15, -0.1) is 5.10 Å². The molecule has 0 N–H and O–H groups in total. The maximum Gasteiger partial charge on any atom is 0.245 e. The molecule has 0 bridgehead atoms. The van der Waals surface area contributed by atoms with E-state index in [1.807, 2.05) is 12.1 Å². The predicted molar refractivity (Wildman–Crippen MR) is 114 cm³/mol. The highest BCUT2D eigenvalue weighted by molar-refractivity contribution is 7.91. The fourth-order valence-corrected chi connectivity index (χ4v) is 6.03. The van der Waals surface area contributed by atoms with Gasteiger partial charge in [0, 0.05) is 37.8 Å². The van der Waals surface area contributed by atoms with E-state index in [1.165, 1.54) is 10.8 Å². The van der Waals surface area contributed by atoms with E-state index in [2.05, 4.69) is 50.3 Å². The van der Waals surface area contributed by atoms with Crippen LogP contribution >= 0.6 is 0 Å². The summed E-state index contributed by atoms with van der Waals surface area (Å²) in [7, 11) is -2.85. The zero-order valence-electron chi connectivity index (χ0n) is 16.1. The zero-order chi connectivity index (χ0) is 19.8. The number of anilines is 1. The van der Waals surface area contributed by atoms with E-state index in [-0.39, 0.29) is 6.04 Å². The average Bonchev–Trinajstić information content (AvgIpc) is 3.13. The molecule has 1 unspecified atom stereocenters. The number of rotatable bonds is 3. The van der Waals surface area contributed by atoms with Crippen LogP contribution in [0.3, 0.4) is 0 Å². The summed E-state index contributed by atoms with van der Waals surface area (Å²) in [6.07, 6.45) is 2.45. The smallest absolute Gasteiger partial charge is 0.245 e. The molecule has 0 radical (unpaired) electrons. The lowest BCUT2D eigenvalue weighted by Gasteiger charge is -2.37. The van der Waals surface area contributed by atoms with Gasteiger partial charge in [-0.2, -0.15) is 5.10 Å². The van der Waals surface area contributed by atoms with Crippen LogP contribution in [0.15, 0.2) is 48.7 Å². The highest BCUT2D eigenvalue weighted by atomic mass is 32.2. The molecule has 3 heterocycles. The summed E-state index contributed by atoms with van der Waals surface area (Å²) in [4.78, 5) is 9.19. The van der Waals surface area contributed by atoms with Gasteiger partial charge in [0.05, 0.1) is 23.4 Å². The van der Waals surface area contributed by atoms with Crippen molar-refractivity contribution >= 4 is 26.6 Å². The van der Waals surface area contributed by atoms with E-state index >= 15 is 0 Å². The Labute approximate surface area is 170 Å². The van der Waals surface area contributed by atoms with Crippen LogP contribution in [-0.2, 0) is 9.84 Å². The monoisotopic (exact) mass is 409 g/mol. The van der Waals surface area contributed by atoms with Crippen molar-refractivity contribution in [2.45, 2.75) is 12.5 Å². The molecule has 7 nitrogen and oxygen atoms in total. The number of nitrogens with zero attached hydrogens (tertiary/aromatic N) is 5. The minimum atomic E-state index is -2.85. The molecule has 0 saturated carbocycles. The summed E-state index contributed by atoms with van der Waals surface area (Å²) in [5, 5.41) is 10.8. The van der Waals surface area contributed by atoms with Crippen LogP contribution in [-0.4, -0.2) is 72.2 Å². The first-order valence-corrected chi connectivity index (χ1v) is 11.8. The number of hydrogen-bond acceptors (Lipinski definition) is 7. The van der Waals surface area contributed by atoms with Crippen molar-refractivity contribution in [3.05, 3.63) is 48.7 Å². The van der Waals surface area contributed by atoms with Crippen LogP contribution in [0.1, 0.15) is 6.42 Å². The fourth-order valence-electron chi connectivity index (χ4n) is 4.27. The van der Waals surface area contributed by atoms with Gasteiger partial charge in [-0.25, -0.2) is 13.4 Å². The van der Waals surface area contributed by atoms with Gasteiger partial charge in [-0.05, 0) is 23.3 Å². The topological polar surface area (TPSA) is 79.3 Å². The number of benzene rings is 2. The second-order valence-electron chi connectivity index (χ2n) is 7.78. The van der Waals surface area contributed by atoms with Crippen LogP contribution in [0.5, 0.6) is 0 Å². The molecule has 2 fully saturated rings.